The Morgan fingerprint density at radius 3 is 2.63 bits per heavy atom. The molecule has 2 rings (SSSR count). The molecule has 0 radical (unpaired) electrons. The van der Waals surface area contributed by atoms with Crippen LogP contribution in [0.4, 0.5) is 5.95 Å². The lowest BCUT2D eigenvalue weighted by atomic mass is 10.0. The van der Waals surface area contributed by atoms with Crippen molar-refractivity contribution in [1.82, 2.24) is 9.55 Å². The zero-order chi connectivity index (χ0) is 14.2. The first-order valence-corrected chi connectivity index (χ1v) is 6.06. The Kier molecular flexibility index (Phi) is 3.33. The maximum atomic E-state index is 11.7. The average molecular weight is 262 g/mol. The molecule has 1 unspecified atom stereocenters. The van der Waals surface area contributed by atoms with Crippen LogP contribution in [0.25, 0.3) is 11.0 Å². The van der Waals surface area contributed by atoms with Gasteiger partial charge in [-0.05, 0) is 18.1 Å². The summed E-state index contributed by atoms with van der Waals surface area (Å²) >= 11 is 0. The predicted octanol–water partition coefficient (Wildman–Crippen LogP) is 1.31. The van der Waals surface area contributed by atoms with Crippen molar-refractivity contribution < 1.29 is 9.53 Å². The van der Waals surface area contributed by atoms with Gasteiger partial charge in [0.2, 0.25) is 11.9 Å². The summed E-state index contributed by atoms with van der Waals surface area (Å²) in [5.41, 5.74) is 12.9. The van der Waals surface area contributed by atoms with Crippen LogP contribution in [-0.4, -0.2) is 22.6 Å². The lowest BCUT2D eigenvalue weighted by molar-refractivity contribution is -0.122. The van der Waals surface area contributed by atoms with E-state index in [2.05, 4.69) is 4.98 Å². The van der Waals surface area contributed by atoms with Crippen molar-refractivity contribution in [3.63, 3.8) is 0 Å². The summed E-state index contributed by atoms with van der Waals surface area (Å²) in [6.45, 7) is 3.84. The number of carbonyl (C=O) groups excluding carboxylic acids is 1. The molecule has 1 atom stereocenters. The maximum Gasteiger partial charge on any atom is 0.240 e. The molecule has 0 fully saturated rings. The number of methoxy groups -OCH3 is 1. The Bertz CT molecular complexity index is 618. The van der Waals surface area contributed by atoms with Gasteiger partial charge in [0.25, 0.3) is 0 Å². The second-order valence-electron chi connectivity index (χ2n) is 4.79. The minimum absolute atomic E-state index is 0.0271. The first-order valence-electron chi connectivity index (χ1n) is 6.06. The molecule has 2 aromatic rings. The number of anilines is 1. The number of nitrogens with two attached hydrogens (primary N) is 2. The van der Waals surface area contributed by atoms with E-state index in [1.165, 1.54) is 0 Å². The molecule has 0 saturated heterocycles. The van der Waals surface area contributed by atoms with E-state index in [4.69, 9.17) is 16.2 Å². The van der Waals surface area contributed by atoms with Gasteiger partial charge in [0.1, 0.15) is 11.8 Å². The van der Waals surface area contributed by atoms with Gasteiger partial charge in [0.15, 0.2) is 0 Å². The average Bonchev–Trinajstić information content (AvgIpc) is 2.64. The number of hydrogen-bond acceptors (Lipinski definition) is 4. The van der Waals surface area contributed by atoms with Gasteiger partial charge in [0, 0.05) is 6.07 Å². The van der Waals surface area contributed by atoms with Crippen LogP contribution in [0.5, 0.6) is 5.75 Å². The van der Waals surface area contributed by atoms with E-state index in [0.29, 0.717) is 11.3 Å². The van der Waals surface area contributed by atoms with Crippen molar-refractivity contribution in [3.8, 4) is 5.75 Å². The number of amides is 1. The zero-order valence-corrected chi connectivity index (χ0v) is 11.3. The molecule has 0 saturated carbocycles. The van der Waals surface area contributed by atoms with Crippen molar-refractivity contribution in [2.75, 3.05) is 12.8 Å². The van der Waals surface area contributed by atoms with Gasteiger partial charge in [-0.25, -0.2) is 4.98 Å². The molecule has 6 nitrogen and oxygen atoms in total. The molecule has 0 bridgehead atoms. The summed E-state index contributed by atoms with van der Waals surface area (Å²) in [4.78, 5) is 15.9. The van der Waals surface area contributed by atoms with Crippen molar-refractivity contribution >= 4 is 22.9 Å². The number of nitrogens with zero attached hydrogens (tertiary/aromatic N) is 2. The largest absolute Gasteiger partial charge is 0.497 e. The lowest BCUT2D eigenvalue weighted by Crippen LogP contribution is -2.31. The molecular formula is C13H18N4O2. The molecular weight excluding hydrogens is 244 g/mol. The molecule has 102 valence electrons. The van der Waals surface area contributed by atoms with E-state index in [1.54, 1.807) is 23.8 Å². The second kappa shape index (κ2) is 4.79. The smallest absolute Gasteiger partial charge is 0.240 e. The van der Waals surface area contributed by atoms with Crippen LogP contribution < -0.4 is 16.2 Å². The lowest BCUT2D eigenvalue weighted by Gasteiger charge is -2.20. The van der Waals surface area contributed by atoms with Gasteiger partial charge in [-0.2, -0.15) is 0 Å². The number of primary amides is 1. The minimum Gasteiger partial charge on any atom is -0.497 e. The number of imidazole rings is 1. The summed E-state index contributed by atoms with van der Waals surface area (Å²) in [7, 11) is 1.59. The van der Waals surface area contributed by atoms with Crippen molar-refractivity contribution in [2.45, 2.75) is 19.9 Å². The highest BCUT2D eigenvalue weighted by Crippen LogP contribution is 2.29. The van der Waals surface area contributed by atoms with Crippen LogP contribution in [0.1, 0.15) is 19.9 Å². The van der Waals surface area contributed by atoms with Gasteiger partial charge in [-0.3, -0.25) is 9.36 Å². The quantitative estimate of drug-likeness (QED) is 0.868. The Morgan fingerprint density at radius 1 is 1.42 bits per heavy atom. The number of ether oxygens (including phenoxy) is 1. The van der Waals surface area contributed by atoms with E-state index in [9.17, 15) is 4.79 Å². The third-order valence-corrected chi connectivity index (χ3v) is 3.13. The molecule has 1 amide bonds. The number of carbonyl (C=O) groups is 1. The van der Waals surface area contributed by atoms with E-state index in [0.717, 1.165) is 5.52 Å². The predicted molar refractivity (Wildman–Crippen MR) is 73.8 cm³/mol. The first-order chi connectivity index (χ1) is 8.95. The molecule has 0 aliphatic rings. The van der Waals surface area contributed by atoms with E-state index >= 15 is 0 Å². The van der Waals surface area contributed by atoms with Crippen molar-refractivity contribution in [2.24, 2.45) is 11.7 Å². The van der Waals surface area contributed by atoms with Gasteiger partial charge in [0.05, 0.1) is 18.1 Å². The number of aromatic nitrogens is 2. The van der Waals surface area contributed by atoms with E-state index in [-0.39, 0.29) is 11.9 Å². The third-order valence-electron chi connectivity index (χ3n) is 3.13. The first kappa shape index (κ1) is 13.2. The van der Waals surface area contributed by atoms with Gasteiger partial charge in [-0.15, -0.1) is 0 Å². The molecule has 1 aromatic heterocycles. The highest BCUT2D eigenvalue weighted by molar-refractivity contribution is 5.85. The molecule has 4 N–H and O–H groups in total. The number of nitrogen functional groups attached to an aromatic ring is 1. The Morgan fingerprint density at radius 2 is 2.11 bits per heavy atom. The molecule has 0 spiro atoms. The highest BCUT2D eigenvalue weighted by Gasteiger charge is 2.25. The molecule has 1 aromatic carbocycles. The fourth-order valence-electron chi connectivity index (χ4n) is 2.27. The molecule has 1 heterocycles. The minimum atomic E-state index is -0.515. The Hall–Kier alpha value is -2.24. The van der Waals surface area contributed by atoms with Crippen LogP contribution >= 0.6 is 0 Å². The molecule has 19 heavy (non-hydrogen) atoms. The Balaban J connectivity index is 2.65. The highest BCUT2D eigenvalue weighted by atomic mass is 16.5. The third kappa shape index (κ3) is 2.21. The normalized spacial score (nSPS) is 12.8. The van der Waals surface area contributed by atoms with Crippen molar-refractivity contribution in [1.29, 1.82) is 0 Å². The number of hydrogen-bond donors (Lipinski definition) is 2. The fraction of sp³-hybridized carbons (Fsp3) is 0.385. The summed E-state index contributed by atoms with van der Waals surface area (Å²) < 4.78 is 6.83. The van der Waals surface area contributed by atoms with Crippen LogP contribution in [0.2, 0.25) is 0 Å². The SMILES string of the molecule is COc1ccc2c(c1)nc(N)n2C(C(N)=O)C(C)C. The van der Waals surface area contributed by atoms with E-state index in [1.807, 2.05) is 19.9 Å². The van der Waals surface area contributed by atoms with Crippen LogP contribution in [0.3, 0.4) is 0 Å². The summed E-state index contributed by atoms with van der Waals surface area (Å²) in [5.74, 6) is 0.578. The number of fused-ring (bicyclic) bond motifs is 1. The summed E-state index contributed by atoms with van der Waals surface area (Å²) in [5, 5.41) is 0. The second-order valence-corrected chi connectivity index (χ2v) is 4.79. The number of rotatable bonds is 4. The molecule has 6 heteroatoms. The van der Waals surface area contributed by atoms with Crippen LogP contribution in [0, 0.1) is 5.92 Å². The summed E-state index contributed by atoms with van der Waals surface area (Å²) in [6.07, 6.45) is 0. The van der Waals surface area contributed by atoms with Crippen LogP contribution in [-0.2, 0) is 4.79 Å². The van der Waals surface area contributed by atoms with Gasteiger partial charge < -0.3 is 16.2 Å². The fourth-order valence-corrected chi connectivity index (χ4v) is 2.27. The van der Waals surface area contributed by atoms with Gasteiger partial charge >= 0.3 is 0 Å². The monoisotopic (exact) mass is 262 g/mol. The van der Waals surface area contributed by atoms with Crippen LogP contribution in [0.15, 0.2) is 18.2 Å². The zero-order valence-electron chi connectivity index (χ0n) is 11.3. The molecule has 0 aliphatic carbocycles. The maximum absolute atomic E-state index is 11.7. The van der Waals surface area contributed by atoms with Crippen molar-refractivity contribution in [3.05, 3.63) is 18.2 Å². The topological polar surface area (TPSA) is 96.2 Å². The molecule has 0 aliphatic heterocycles. The number of benzene rings is 1. The summed E-state index contributed by atoms with van der Waals surface area (Å²) in [6, 6.07) is 4.90. The standard InChI is InChI=1S/C13H18N4O2/c1-7(2)11(12(14)18)17-10-5-4-8(19-3)6-9(10)16-13(17)15/h4-7,11H,1-3H3,(H2,14,18)(H2,15,16). The van der Waals surface area contributed by atoms with Gasteiger partial charge in [-0.1, -0.05) is 13.8 Å². The Labute approximate surface area is 111 Å². The van der Waals surface area contributed by atoms with E-state index < -0.39 is 11.9 Å².